The SMILES string of the molecule is CCOc1cccc(C(NN)c2cnn(C)c2N)c1. The van der Waals surface area contributed by atoms with E-state index in [4.69, 9.17) is 16.3 Å². The summed E-state index contributed by atoms with van der Waals surface area (Å²) in [4.78, 5) is 0. The van der Waals surface area contributed by atoms with Gasteiger partial charge in [0.05, 0.1) is 18.8 Å². The first-order chi connectivity index (χ1) is 9.17. The van der Waals surface area contributed by atoms with Crippen LogP contribution in [0.2, 0.25) is 0 Å². The van der Waals surface area contributed by atoms with Crippen molar-refractivity contribution in [1.29, 1.82) is 0 Å². The van der Waals surface area contributed by atoms with Gasteiger partial charge in [0.15, 0.2) is 0 Å². The van der Waals surface area contributed by atoms with Crippen molar-refractivity contribution in [2.45, 2.75) is 13.0 Å². The third kappa shape index (κ3) is 2.69. The van der Waals surface area contributed by atoms with Gasteiger partial charge in [-0.1, -0.05) is 12.1 Å². The Morgan fingerprint density at radius 2 is 2.26 bits per heavy atom. The molecule has 1 heterocycles. The predicted octanol–water partition coefficient (Wildman–Crippen LogP) is 0.954. The zero-order valence-electron chi connectivity index (χ0n) is 11.1. The van der Waals surface area contributed by atoms with Gasteiger partial charge in [-0.25, -0.2) is 5.43 Å². The number of rotatable bonds is 5. The van der Waals surface area contributed by atoms with Crippen LogP contribution >= 0.6 is 0 Å². The molecule has 0 aliphatic rings. The lowest BCUT2D eigenvalue weighted by molar-refractivity contribution is 0.339. The van der Waals surface area contributed by atoms with Crippen LogP contribution in [-0.2, 0) is 7.05 Å². The quantitative estimate of drug-likeness (QED) is 0.550. The summed E-state index contributed by atoms with van der Waals surface area (Å²) in [6, 6.07) is 7.54. The molecule has 1 unspecified atom stereocenters. The monoisotopic (exact) mass is 261 g/mol. The minimum absolute atomic E-state index is 0.214. The van der Waals surface area contributed by atoms with E-state index in [1.165, 1.54) is 0 Å². The van der Waals surface area contributed by atoms with Gasteiger partial charge >= 0.3 is 0 Å². The van der Waals surface area contributed by atoms with Gasteiger partial charge in [-0.3, -0.25) is 10.5 Å². The first-order valence-electron chi connectivity index (χ1n) is 6.13. The Bertz CT molecular complexity index is 552. The molecule has 2 rings (SSSR count). The number of nitrogens with two attached hydrogens (primary N) is 2. The molecule has 19 heavy (non-hydrogen) atoms. The maximum absolute atomic E-state index is 5.99. The zero-order chi connectivity index (χ0) is 13.8. The minimum Gasteiger partial charge on any atom is -0.494 e. The minimum atomic E-state index is -0.214. The second-order valence-electron chi connectivity index (χ2n) is 4.21. The molecule has 0 amide bonds. The van der Waals surface area contributed by atoms with Crippen LogP contribution in [0.25, 0.3) is 0 Å². The van der Waals surface area contributed by atoms with Crippen molar-refractivity contribution >= 4 is 5.82 Å². The van der Waals surface area contributed by atoms with Gasteiger partial charge in [0.25, 0.3) is 0 Å². The summed E-state index contributed by atoms with van der Waals surface area (Å²) in [6.45, 7) is 2.57. The molecule has 0 bridgehead atoms. The molecular weight excluding hydrogens is 242 g/mol. The number of nitrogens with one attached hydrogen (secondary N) is 1. The lowest BCUT2D eigenvalue weighted by Gasteiger charge is -2.17. The second kappa shape index (κ2) is 5.73. The highest BCUT2D eigenvalue weighted by atomic mass is 16.5. The Hall–Kier alpha value is -2.05. The summed E-state index contributed by atoms with van der Waals surface area (Å²) in [5, 5.41) is 4.13. The number of hydrogen-bond acceptors (Lipinski definition) is 5. The molecule has 2 aromatic rings. The van der Waals surface area contributed by atoms with E-state index in [-0.39, 0.29) is 6.04 Å². The Labute approximate surface area is 112 Å². The topological polar surface area (TPSA) is 91.1 Å². The van der Waals surface area contributed by atoms with E-state index in [2.05, 4.69) is 10.5 Å². The third-order valence-electron chi connectivity index (χ3n) is 2.99. The summed E-state index contributed by atoms with van der Waals surface area (Å²) < 4.78 is 7.11. The Kier molecular flexibility index (Phi) is 4.03. The number of aromatic nitrogens is 2. The molecule has 0 aliphatic carbocycles. The average Bonchev–Trinajstić information content (AvgIpc) is 2.73. The van der Waals surface area contributed by atoms with Gasteiger partial charge in [-0.05, 0) is 24.6 Å². The van der Waals surface area contributed by atoms with Crippen LogP contribution in [0.4, 0.5) is 5.82 Å². The molecule has 1 atom stereocenters. The van der Waals surface area contributed by atoms with Crippen molar-refractivity contribution in [1.82, 2.24) is 15.2 Å². The second-order valence-corrected chi connectivity index (χ2v) is 4.21. The van der Waals surface area contributed by atoms with Crippen LogP contribution in [-0.4, -0.2) is 16.4 Å². The zero-order valence-corrected chi connectivity index (χ0v) is 11.1. The maximum atomic E-state index is 5.99. The Morgan fingerprint density at radius 1 is 1.47 bits per heavy atom. The van der Waals surface area contributed by atoms with Gasteiger partial charge in [0, 0.05) is 12.6 Å². The van der Waals surface area contributed by atoms with Crippen molar-refractivity contribution in [3.63, 3.8) is 0 Å². The number of ether oxygens (including phenoxy) is 1. The first kappa shape index (κ1) is 13.4. The van der Waals surface area contributed by atoms with Crippen LogP contribution in [0, 0.1) is 0 Å². The van der Waals surface area contributed by atoms with Crippen molar-refractivity contribution < 1.29 is 4.74 Å². The lowest BCUT2D eigenvalue weighted by atomic mass is 10.0. The summed E-state index contributed by atoms with van der Waals surface area (Å²) in [5.74, 6) is 7.05. The van der Waals surface area contributed by atoms with E-state index in [9.17, 15) is 0 Å². The highest BCUT2D eigenvalue weighted by Gasteiger charge is 2.18. The number of aryl methyl sites for hydroxylation is 1. The van der Waals surface area contributed by atoms with E-state index in [1.54, 1.807) is 17.9 Å². The summed E-state index contributed by atoms with van der Waals surface area (Å²) >= 11 is 0. The maximum Gasteiger partial charge on any atom is 0.126 e. The van der Waals surface area contributed by atoms with Crippen molar-refractivity contribution in [2.24, 2.45) is 12.9 Å². The number of benzene rings is 1. The highest BCUT2D eigenvalue weighted by Crippen LogP contribution is 2.27. The summed E-state index contributed by atoms with van der Waals surface area (Å²) in [5.41, 5.74) is 10.6. The smallest absolute Gasteiger partial charge is 0.126 e. The van der Waals surface area contributed by atoms with Crippen LogP contribution in [0.1, 0.15) is 24.1 Å². The Balaban J connectivity index is 2.36. The van der Waals surface area contributed by atoms with Crippen LogP contribution < -0.4 is 21.7 Å². The van der Waals surface area contributed by atoms with E-state index >= 15 is 0 Å². The molecule has 0 spiro atoms. The molecule has 5 N–H and O–H groups in total. The first-order valence-corrected chi connectivity index (χ1v) is 6.13. The summed E-state index contributed by atoms with van der Waals surface area (Å²) in [6.07, 6.45) is 1.72. The Morgan fingerprint density at radius 3 is 2.84 bits per heavy atom. The predicted molar refractivity (Wildman–Crippen MR) is 74.4 cm³/mol. The van der Waals surface area contributed by atoms with Gasteiger partial charge < -0.3 is 10.5 Å². The van der Waals surface area contributed by atoms with Gasteiger partial charge in [0.1, 0.15) is 11.6 Å². The van der Waals surface area contributed by atoms with Crippen molar-refractivity contribution in [3.05, 3.63) is 41.6 Å². The normalized spacial score (nSPS) is 12.4. The molecule has 0 saturated heterocycles. The highest BCUT2D eigenvalue weighted by molar-refractivity contribution is 5.46. The lowest BCUT2D eigenvalue weighted by Crippen LogP contribution is -2.29. The molecule has 0 aliphatic heterocycles. The van der Waals surface area contributed by atoms with E-state index in [1.807, 2.05) is 31.2 Å². The average molecular weight is 261 g/mol. The fourth-order valence-electron chi connectivity index (χ4n) is 2.00. The van der Waals surface area contributed by atoms with Gasteiger partial charge in [0.2, 0.25) is 0 Å². The van der Waals surface area contributed by atoms with E-state index < -0.39 is 0 Å². The third-order valence-corrected chi connectivity index (χ3v) is 2.99. The summed E-state index contributed by atoms with van der Waals surface area (Å²) in [7, 11) is 1.79. The van der Waals surface area contributed by atoms with Crippen LogP contribution in [0.3, 0.4) is 0 Å². The van der Waals surface area contributed by atoms with E-state index in [0.717, 1.165) is 16.9 Å². The van der Waals surface area contributed by atoms with E-state index in [0.29, 0.717) is 12.4 Å². The van der Waals surface area contributed by atoms with Gasteiger partial charge in [-0.2, -0.15) is 5.10 Å². The molecule has 6 heteroatoms. The van der Waals surface area contributed by atoms with Crippen LogP contribution in [0.5, 0.6) is 5.75 Å². The standard InChI is InChI=1S/C13H19N5O/c1-3-19-10-6-4-5-9(7-10)12(17-15)11-8-16-18(2)13(11)14/h4-8,12,17H,3,14-15H2,1-2H3. The molecule has 1 aromatic carbocycles. The number of nitrogens with zero attached hydrogens (tertiary/aromatic N) is 2. The number of nitrogen functional groups attached to an aromatic ring is 1. The van der Waals surface area contributed by atoms with Gasteiger partial charge in [-0.15, -0.1) is 0 Å². The molecule has 102 valence electrons. The largest absolute Gasteiger partial charge is 0.494 e. The number of anilines is 1. The van der Waals surface area contributed by atoms with Crippen molar-refractivity contribution in [3.8, 4) is 5.75 Å². The fourth-order valence-corrected chi connectivity index (χ4v) is 2.00. The molecular formula is C13H19N5O. The molecule has 0 radical (unpaired) electrons. The number of hydrogen-bond donors (Lipinski definition) is 3. The fraction of sp³-hybridized carbons (Fsp3) is 0.308. The van der Waals surface area contributed by atoms with Crippen molar-refractivity contribution in [2.75, 3.05) is 12.3 Å². The molecule has 0 saturated carbocycles. The molecule has 0 fully saturated rings. The number of hydrazine groups is 1. The molecule has 6 nitrogen and oxygen atoms in total. The molecule has 1 aromatic heterocycles. The van der Waals surface area contributed by atoms with Crippen LogP contribution in [0.15, 0.2) is 30.5 Å².